The maximum absolute atomic E-state index is 12.7. The Balaban J connectivity index is 2.44. The van der Waals surface area contributed by atoms with Gasteiger partial charge < -0.3 is 10.5 Å². The molecule has 0 spiro atoms. The summed E-state index contributed by atoms with van der Waals surface area (Å²) in [6.45, 7) is -0.305. The van der Waals surface area contributed by atoms with Crippen molar-refractivity contribution in [1.29, 1.82) is 0 Å². The average Bonchev–Trinajstić information content (AvgIpc) is 2.25. The molecule has 4 N–H and O–H groups in total. The molecule has 8 heteroatoms. The van der Waals surface area contributed by atoms with E-state index in [0.717, 1.165) is 6.07 Å². The molecule has 1 rings (SSSR count). The Morgan fingerprint density at radius 2 is 2.24 bits per heavy atom. The smallest absolute Gasteiger partial charge is 0.276 e. The summed E-state index contributed by atoms with van der Waals surface area (Å²) >= 11 is 10.2. The molecule has 17 heavy (non-hydrogen) atoms. The number of hydrogen-bond donors (Lipinski definition) is 3. The molecule has 0 aliphatic heterocycles. The lowest BCUT2D eigenvalue weighted by Gasteiger charge is -2.09. The number of thiocarbonyl (C=S) groups is 1. The van der Waals surface area contributed by atoms with Crippen LogP contribution in [0, 0.1) is 5.82 Å². The molecule has 0 atom stereocenters. The first-order valence-electron chi connectivity index (χ1n) is 4.41. The molecular weight excluding hydrogens is 269 g/mol. The molecule has 1 amide bonds. The van der Waals surface area contributed by atoms with Gasteiger partial charge in [0.05, 0.1) is 5.02 Å². The highest BCUT2D eigenvalue weighted by Crippen LogP contribution is 2.24. The summed E-state index contributed by atoms with van der Waals surface area (Å²) in [5.74, 6) is -0.779. The predicted molar refractivity (Wildman–Crippen MR) is 65.0 cm³/mol. The number of carbonyl (C=O) groups is 1. The van der Waals surface area contributed by atoms with Crippen molar-refractivity contribution < 1.29 is 13.9 Å². The molecular formula is C9H9ClFN3O2S. The molecule has 0 aliphatic carbocycles. The predicted octanol–water partition coefficient (Wildman–Crippen LogP) is 0.722. The number of ether oxygens (including phenoxy) is 1. The van der Waals surface area contributed by atoms with Crippen molar-refractivity contribution in [3.63, 3.8) is 0 Å². The Kier molecular flexibility index (Phi) is 4.92. The van der Waals surface area contributed by atoms with Gasteiger partial charge >= 0.3 is 0 Å². The summed E-state index contributed by atoms with van der Waals surface area (Å²) < 4.78 is 17.7. The van der Waals surface area contributed by atoms with Crippen LogP contribution < -0.4 is 21.3 Å². The Morgan fingerprint density at radius 3 is 2.82 bits per heavy atom. The van der Waals surface area contributed by atoms with Gasteiger partial charge in [0.15, 0.2) is 11.7 Å². The van der Waals surface area contributed by atoms with Gasteiger partial charge in [-0.1, -0.05) is 11.6 Å². The van der Waals surface area contributed by atoms with Gasteiger partial charge in [-0.05, 0) is 30.4 Å². The van der Waals surface area contributed by atoms with Crippen LogP contribution in [-0.2, 0) is 4.79 Å². The van der Waals surface area contributed by atoms with E-state index in [1.54, 1.807) is 0 Å². The van der Waals surface area contributed by atoms with Crippen LogP contribution >= 0.6 is 23.8 Å². The Bertz CT molecular complexity index is 444. The van der Waals surface area contributed by atoms with Gasteiger partial charge in [0.25, 0.3) is 5.91 Å². The molecule has 0 unspecified atom stereocenters. The van der Waals surface area contributed by atoms with Gasteiger partial charge in [0.2, 0.25) is 0 Å². The second-order valence-electron chi connectivity index (χ2n) is 2.90. The lowest BCUT2D eigenvalue weighted by atomic mass is 10.3. The van der Waals surface area contributed by atoms with Crippen LogP contribution in [0.25, 0.3) is 0 Å². The maximum atomic E-state index is 12.7. The van der Waals surface area contributed by atoms with Gasteiger partial charge in [0.1, 0.15) is 11.6 Å². The number of rotatable bonds is 3. The Morgan fingerprint density at radius 1 is 1.53 bits per heavy atom. The number of halogens is 2. The van der Waals surface area contributed by atoms with E-state index in [0.29, 0.717) is 0 Å². The molecule has 92 valence electrons. The molecule has 0 radical (unpaired) electrons. The minimum absolute atomic E-state index is 0.0711. The third-order valence-electron chi connectivity index (χ3n) is 1.58. The van der Waals surface area contributed by atoms with E-state index in [2.05, 4.69) is 23.1 Å². The van der Waals surface area contributed by atoms with Crippen molar-refractivity contribution in [2.75, 3.05) is 6.61 Å². The van der Waals surface area contributed by atoms with Crippen LogP contribution in [0.3, 0.4) is 0 Å². The lowest BCUT2D eigenvalue weighted by molar-refractivity contribution is -0.123. The van der Waals surface area contributed by atoms with Crippen molar-refractivity contribution in [3.05, 3.63) is 29.0 Å². The zero-order chi connectivity index (χ0) is 12.8. The van der Waals surface area contributed by atoms with Crippen molar-refractivity contribution in [2.24, 2.45) is 5.73 Å². The van der Waals surface area contributed by atoms with Crippen molar-refractivity contribution in [2.45, 2.75) is 0 Å². The van der Waals surface area contributed by atoms with E-state index in [9.17, 15) is 9.18 Å². The number of nitrogens with one attached hydrogen (secondary N) is 2. The quantitative estimate of drug-likeness (QED) is 0.561. The van der Waals surface area contributed by atoms with E-state index in [1.807, 2.05) is 0 Å². The van der Waals surface area contributed by atoms with E-state index < -0.39 is 11.7 Å². The highest BCUT2D eigenvalue weighted by Gasteiger charge is 2.06. The van der Waals surface area contributed by atoms with Gasteiger partial charge in [-0.15, -0.1) is 0 Å². The highest BCUT2D eigenvalue weighted by molar-refractivity contribution is 7.80. The zero-order valence-corrected chi connectivity index (χ0v) is 10.1. The minimum Gasteiger partial charge on any atom is -0.482 e. The van der Waals surface area contributed by atoms with Crippen molar-refractivity contribution >= 4 is 34.8 Å². The first kappa shape index (κ1) is 13.5. The number of hydrogen-bond acceptors (Lipinski definition) is 3. The Hall–Kier alpha value is -1.60. The zero-order valence-electron chi connectivity index (χ0n) is 8.50. The highest BCUT2D eigenvalue weighted by atomic mass is 35.5. The molecule has 5 nitrogen and oxygen atoms in total. The fraction of sp³-hybridized carbons (Fsp3) is 0.111. The first-order chi connectivity index (χ1) is 7.99. The number of hydrazine groups is 1. The van der Waals surface area contributed by atoms with Gasteiger partial charge in [-0.2, -0.15) is 0 Å². The van der Waals surface area contributed by atoms with E-state index >= 15 is 0 Å². The van der Waals surface area contributed by atoms with Crippen LogP contribution in [0.15, 0.2) is 18.2 Å². The molecule has 0 fully saturated rings. The van der Waals surface area contributed by atoms with Crippen LogP contribution in [0.1, 0.15) is 0 Å². The van der Waals surface area contributed by atoms with E-state index in [1.165, 1.54) is 12.1 Å². The molecule has 0 bridgehead atoms. The molecule has 0 aliphatic rings. The van der Waals surface area contributed by atoms with Crippen LogP contribution in [-0.4, -0.2) is 17.6 Å². The van der Waals surface area contributed by atoms with Gasteiger partial charge in [-0.3, -0.25) is 15.6 Å². The number of carbonyl (C=O) groups excluding carboxylic acids is 1. The number of benzene rings is 1. The SMILES string of the molecule is NC(=S)NNC(=O)COc1ccc(F)cc1Cl. The average molecular weight is 278 g/mol. The summed E-state index contributed by atoms with van der Waals surface area (Å²) in [4.78, 5) is 11.2. The van der Waals surface area contributed by atoms with E-state index in [-0.39, 0.29) is 22.5 Å². The fourth-order valence-electron chi connectivity index (χ4n) is 0.903. The maximum Gasteiger partial charge on any atom is 0.276 e. The topological polar surface area (TPSA) is 76.4 Å². The number of nitrogens with two attached hydrogens (primary N) is 1. The molecule has 0 saturated heterocycles. The van der Waals surface area contributed by atoms with Crippen molar-refractivity contribution in [1.82, 2.24) is 10.9 Å². The summed E-state index contributed by atoms with van der Waals surface area (Å²) in [5.41, 5.74) is 9.52. The minimum atomic E-state index is -0.502. The molecule has 0 heterocycles. The summed E-state index contributed by atoms with van der Waals surface area (Å²) in [7, 11) is 0. The van der Waals surface area contributed by atoms with Gasteiger partial charge in [0, 0.05) is 0 Å². The molecule has 1 aromatic rings. The monoisotopic (exact) mass is 277 g/mol. The largest absolute Gasteiger partial charge is 0.482 e. The fourth-order valence-corrected chi connectivity index (χ4v) is 1.18. The lowest BCUT2D eigenvalue weighted by Crippen LogP contribution is -2.46. The van der Waals surface area contributed by atoms with Crippen LogP contribution in [0.4, 0.5) is 4.39 Å². The first-order valence-corrected chi connectivity index (χ1v) is 5.20. The van der Waals surface area contributed by atoms with Crippen LogP contribution in [0.5, 0.6) is 5.75 Å². The third-order valence-corrected chi connectivity index (χ3v) is 1.98. The molecule has 1 aromatic carbocycles. The van der Waals surface area contributed by atoms with Crippen LogP contribution in [0.2, 0.25) is 5.02 Å². The summed E-state index contributed by atoms with van der Waals surface area (Å²) in [6.07, 6.45) is 0. The standard InChI is InChI=1S/C9H9ClFN3O2S/c10-6-3-5(11)1-2-7(6)16-4-8(15)13-14-9(12)17/h1-3H,4H2,(H,13,15)(H3,12,14,17). The normalized spacial score (nSPS) is 9.53. The Labute approximate surface area is 107 Å². The second kappa shape index (κ2) is 6.21. The number of amides is 1. The molecule has 0 saturated carbocycles. The van der Waals surface area contributed by atoms with Crippen molar-refractivity contribution in [3.8, 4) is 5.75 Å². The second-order valence-corrected chi connectivity index (χ2v) is 3.75. The third kappa shape index (κ3) is 4.83. The van der Waals surface area contributed by atoms with E-state index in [4.69, 9.17) is 22.1 Å². The summed E-state index contributed by atoms with van der Waals surface area (Å²) in [6, 6.07) is 3.58. The van der Waals surface area contributed by atoms with Gasteiger partial charge in [-0.25, -0.2) is 4.39 Å². The summed E-state index contributed by atoms with van der Waals surface area (Å²) in [5, 5.41) is 0.0123. The molecule has 0 aromatic heterocycles.